The minimum Gasteiger partial charge on any atom is -0.388 e. The molecular weight excluding hydrogens is 178 g/mol. The van der Waals surface area contributed by atoms with E-state index in [1.807, 2.05) is 4.57 Å². The summed E-state index contributed by atoms with van der Waals surface area (Å²) < 4.78 is 1.99. The van der Waals surface area contributed by atoms with Crippen LogP contribution in [0.4, 0.5) is 0 Å². The van der Waals surface area contributed by atoms with Gasteiger partial charge in [0.15, 0.2) is 5.82 Å². The van der Waals surface area contributed by atoms with Crippen LogP contribution in [0, 0.1) is 5.41 Å². The van der Waals surface area contributed by atoms with Crippen molar-refractivity contribution in [1.82, 2.24) is 14.8 Å². The van der Waals surface area contributed by atoms with Crippen molar-refractivity contribution in [2.75, 3.05) is 0 Å². The zero-order valence-electron chi connectivity index (χ0n) is 8.61. The van der Waals surface area contributed by atoms with E-state index in [2.05, 4.69) is 17.1 Å². The first kappa shape index (κ1) is 9.65. The standard InChI is InChI=1S/C10H17N3O/c1-2-10(4-3-5-10)7-13-8-11-12-9(13)6-14/h8,14H,2-7H2,1H3. The predicted octanol–water partition coefficient (Wildman–Crippen LogP) is 1.35. The molecule has 1 N–H and O–H groups in total. The minimum atomic E-state index is -0.0141. The fourth-order valence-electron chi connectivity index (χ4n) is 2.20. The molecule has 0 bridgehead atoms. The van der Waals surface area contributed by atoms with Crippen molar-refractivity contribution < 1.29 is 5.11 Å². The van der Waals surface area contributed by atoms with E-state index >= 15 is 0 Å². The monoisotopic (exact) mass is 195 g/mol. The first-order chi connectivity index (χ1) is 6.79. The SMILES string of the molecule is CCC1(Cn2cnnc2CO)CCC1. The average Bonchev–Trinajstić information content (AvgIpc) is 2.58. The Bertz CT molecular complexity index is 299. The number of aliphatic hydroxyl groups excluding tert-OH is 1. The van der Waals surface area contributed by atoms with E-state index in [-0.39, 0.29) is 6.61 Å². The van der Waals surface area contributed by atoms with Crippen molar-refractivity contribution in [1.29, 1.82) is 0 Å². The molecule has 1 heterocycles. The summed E-state index contributed by atoms with van der Waals surface area (Å²) in [5, 5.41) is 16.7. The second kappa shape index (κ2) is 3.69. The lowest BCUT2D eigenvalue weighted by Crippen LogP contribution is -2.33. The molecule has 0 radical (unpaired) electrons. The Labute approximate surface area is 84.0 Å². The van der Waals surface area contributed by atoms with Crippen molar-refractivity contribution in [3.05, 3.63) is 12.2 Å². The molecule has 0 atom stereocenters. The minimum absolute atomic E-state index is 0.0141. The van der Waals surface area contributed by atoms with Crippen molar-refractivity contribution in [2.24, 2.45) is 5.41 Å². The molecule has 1 aliphatic carbocycles. The molecule has 2 rings (SSSR count). The molecule has 1 aromatic heterocycles. The number of aromatic nitrogens is 3. The number of hydrogen-bond acceptors (Lipinski definition) is 3. The lowest BCUT2D eigenvalue weighted by atomic mass is 9.67. The quantitative estimate of drug-likeness (QED) is 0.789. The Morgan fingerprint density at radius 3 is 2.86 bits per heavy atom. The van der Waals surface area contributed by atoms with E-state index in [1.165, 1.54) is 25.7 Å². The van der Waals surface area contributed by atoms with E-state index in [9.17, 15) is 0 Å². The van der Waals surface area contributed by atoms with Crippen LogP contribution in [0.3, 0.4) is 0 Å². The van der Waals surface area contributed by atoms with Gasteiger partial charge in [0, 0.05) is 6.54 Å². The summed E-state index contributed by atoms with van der Waals surface area (Å²) in [4.78, 5) is 0. The van der Waals surface area contributed by atoms with Gasteiger partial charge in [0.1, 0.15) is 12.9 Å². The lowest BCUT2D eigenvalue weighted by Gasteiger charge is -2.41. The summed E-state index contributed by atoms with van der Waals surface area (Å²) >= 11 is 0. The molecule has 1 fully saturated rings. The maximum Gasteiger partial charge on any atom is 0.158 e. The summed E-state index contributed by atoms with van der Waals surface area (Å²) in [5.74, 6) is 0.685. The molecular formula is C10H17N3O. The van der Waals surface area contributed by atoms with Crippen LogP contribution < -0.4 is 0 Å². The highest BCUT2D eigenvalue weighted by Gasteiger charge is 2.35. The van der Waals surface area contributed by atoms with Crippen LogP contribution in [0.15, 0.2) is 6.33 Å². The highest BCUT2D eigenvalue weighted by atomic mass is 16.3. The fourth-order valence-corrected chi connectivity index (χ4v) is 2.20. The summed E-state index contributed by atoms with van der Waals surface area (Å²) in [5.41, 5.74) is 0.451. The Hall–Kier alpha value is -0.900. The first-order valence-electron chi connectivity index (χ1n) is 5.27. The van der Waals surface area contributed by atoms with Gasteiger partial charge in [-0.3, -0.25) is 0 Å². The van der Waals surface area contributed by atoms with E-state index in [1.54, 1.807) is 6.33 Å². The molecule has 1 saturated carbocycles. The summed E-state index contributed by atoms with van der Waals surface area (Å²) in [6, 6.07) is 0. The second-order valence-corrected chi connectivity index (χ2v) is 4.24. The highest BCUT2D eigenvalue weighted by Crippen LogP contribution is 2.45. The smallest absolute Gasteiger partial charge is 0.158 e. The van der Waals surface area contributed by atoms with Gasteiger partial charge in [-0.05, 0) is 24.7 Å². The van der Waals surface area contributed by atoms with Gasteiger partial charge in [0.25, 0.3) is 0 Å². The van der Waals surface area contributed by atoms with Crippen molar-refractivity contribution in [2.45, 2.75) is 45.8 Å². The number of hydrogen-bond donors (Lipinski definition) is 1. The molecule has 0 spiro atoms. The summed E-state index contributed by atoms with van der Waals surface area (Å²) in [7, 11) is 0. The van der Waals surface area contributed by atoms with E-state index in [0.717, 1.165) is 6.54 Å². The first-order valence-corrected chi connectivity index (χ1v) is 5.27. The molecule has 4 heteroatoms. The van der Waals surface area contributed by atoms with Crippen LogP contribution in [-0.4, -0.2) is 19.9 Å². The molecule has 78 valence electrons. The summed E-state index contributed by atoms with van der Waals surface area (Å²) in [6.45, 7) is 3.19. The van der Waals surface area contributed by atoms with E-state index < -0.39 is 0 Å². The summed E-state index contributed by atoms with van der Waals surface area (Å²) in [6.07, 6.45) is 6.86. The molecule has 0 aromatic carbocycles. The molecule has 0 saturated heterocycles. The van der Waals surface area contributed by atoms with Gasteiger partial charge in [-0.2, -0.15) is 0 Å². The third-order valence-corrected chi connectivity index (χ3v) is 3.51. The molecule has 14 heavy (non-hydrogen) atoms. The van der Waals surface area contributed by atoms with Crippen LogP contribution in [0.25, 0.3) is 0 Å². The molecule has 1 aliphatic rings. The van der Waals surface area contributed by atoms with Gasteiger partial charge in [-0.25, -0.2) is 0 Å². The number of aliphatic hydroxyl groups is 1. The normalized spacial score (nSPS) is 19.3. The lowest BCUT2D eigenvalue weighted by molar-refractivity contribution is 0.0966. The average molecular weight is 195 g/mol. The molecule has 0 amide bonds. The Morgan fingerprint density at radius 2 is 2.36 bits per heavy atom. The second-order valence-electron chi connectivity index (χ2n) is 4.24. The molecule has 0 unspecified atom stereocenters. The fraction of sp³-hybridized carbons (Fsp3) is 0.800. The maximum atomic E-state index is 9.04. The number of rotatable bonds is 4. The van der Waals surface area contributed by atoms with E-state index in [0.29, 0.717) is 11.2 Å². The molecule has 1 aromatic rings. The van der Waals surface area contributed by atoms with E-state index in [4.69, 9.17) is 5.11 Å². The van der Waals surface area contributed by atoms with Crippen LogP contribution in [0.1, 0.15) is 38.4 Å². The van der Waals surface area contributed by atoms with Gasteiger partial charge in [0.2, 0.25) is 0 Å². The van der Waals surface area contributed by atoms with Gasteiger partial charge in [0.05, 0.1) is 0 Å². The zero-order valence-corrected chi connectivity index (χ0v) is 8.61. The largest absolute Gasteiger partial charge is 0.388 e. The molecule has 0 aliphatic heterocycles. The maximum absolute atomic E-state index is 9.04. The number of nitrogens with zero attached hydrogens (tertiary/aromatic N) is 3. The third-order valence-electron chi connectivity index (χ3n) is 3.51. The topological polar surface area (TPSA) is 50.9 Å². The van der Waals surface area contributed by atoms with Gasteiger partial charge < -0.3 is 9.67 Å². The van der Waals surface area contributed by atoms with Crippen LogP contribution >= 0.6 is 0 Å². The van der Waals surface area contributed by atoms with Crippen molar-refractivity contribution >= 4 is 0 Å². The zero-order chi connectivity index (χ0) is 10.0. The Balaban J connectivity index is 2.09. The van der Waals surface area contributed by atoms with Crippen molar-refractivity contribution in [3.63, 3.8) is 0 Å². The van der Waals surface area contributed by atoms with Crippen LogP contribution in [0.5, 0.6) is 0 Å². The van der Waals surface area contributed by atoms with Crippen LogP contribution in [-0.2, 0) is 13.2 Å². The van der Waals surface area contributed by atoms with Gasteiger partial charge in [-0.15, -0.1) is 10.2 Å². The molecule has 4 nitrogen and oxygen atoms in total. The van der Waals surface area contributed by atoms with Crippen LogP contribution in [0.2, 0.25) is 0 Å². The predicted molar refractivity (Wildman–Crippen MR) is 52.5 cm³/mol. The third kappa shape index (κ3) is 1.54. The Morgan fingerprint density at radius 1 is 1.57 bits per heavy atom. The van der Waals surface area contributed by atoms with Crippen molar-refractivity contribution in [3.8, 4) is 0 Å². The van der Waals surface area contributed by atoms with Gasteiger partial charge in [-0.1, -0.05) is 13.3 Å². The Kier molecular flexibility index (Phi) is 2.54. The van der Waals surface area contributed by atoms with Gasteiger partial charge >= 0.3 is 0 Å². The highest BCUT2D eigenvalue weighted by molar-refractivity contribution is 4.91.